The average molecular weight is 715 g/mol. The zero-order chi connectivity index (χ0) is 36.6. The third-order valence-electron chi connectivity index (χ3n) is 9.89. The van der Waals surface area contributed by atoms with Crippen LogP contribution in [0.2, 0.25) is 0 Å². The molecule has 1 saturated heterocycles. The minimum absolute atomic E-state index is 0.867. The molecule has 7 rings (SSSR count). The Kier molecular flexibility index (Phi) is 13.8. The molecule has 54 heavy (non-hydrogen) atoms. The maximum absolute atomic E-state index is 2.64. The highest BCUT2D eigenvalue weighted by atomic mass is 15.6. The Hall–Kier alpha value is -4.92. The maximum Gasteiger partial charge on any atom is 0.0555 e. The van der Waals surface area contributed by atoms with E-state index < -0.39 is 0 Å². The molecule has 1 aliphatic rings. The summed E-state index contributed by atoms with van der Waals surface area (Å²) in [5.74, 6) is 0. The van der Waals surface area contributed by atoms with Gasteiger partial charge < -0.3 is 0 Å². The Morgan fingerprint density at radius 3 is 0.593 bits per heavy atom. The van der Waals surface area contributed by atoms with Gasteiger partial charge in [0.15, 0.2) is 0 Å². The second kappa shape index (κ2) is 20.0. The largest absolute Gasteiger partial charge is 0.282 e. The highest BCUT2D eigenvalue weighted by Gasteiger charge is 2.28. The molecule has 6 aromatic rings. The molecule has 6 aromatic carbocycles. The summed E-state index contributed by atoms with van der Waals surface area (Å²) >= 11 is 0. The summed E-state index contributed by atoms with van der Waals surface area (Å²) in [5, 5.41) is 0. The molecule has 0 aromatic heterocycles. The van der Waals surface area contributed by atoms with Crippen LogP contribution in [0.4, 0.5) is 0 Å². The molecule has 276 valence electrons. The van der Waals surface area contributed by atoms with Crippen LogP contribution in [0.3, 0.4) is 0 Å². The first-order valence-corrected chi connectivity index (χ1v) is 19.3. The molecule has 0 aliphatic carbocycles. The average Bonchev–Trinajstić information content (AvgIpc) is 3.20. The van der Waals surface area contributed by atoms with Gasteiger partial charge >= 0.3 is 0 Å². The molecular weight excluding hydrogens is 661 g/mol. The first-order valence-electron chi connectivity index (χ1n) is 19.3. The number of hydrogen-bond acceptors (Lipinski definition) is 6. The van der Waals surface area contributed by atoms with E-state index in [2.05, 4.69) is 211 Å². The molecule has 0 atom stereocenters. The van der Waals surface area contributed by atoms with Gasteiger partial charge in [0.2, 0.25) is 0 Å². The van der Waals surface area contributed by atoms with E-state index in [1.165, 1.54) is 33.4 Å². The summed E-state index contributed by atoms with van der Waals surface area (Å²) < 4.78 is 0. The van der Waals surface area contributed by atoms with Crippen molar-refractivity contribution in [2.45, 2.75) is 39.3 Å². The smallest absolute Gasteiger partial charge is 0.0555 e. The molecule has 1 heterocycles. The zero-order valence-corrected chi connectivity index (χ0v) is 31.5. The van der Waals surface area contributed by atoms with Gasteiger partial charge in [0.25, 0.3) is 0 Å². The van der Waals surface area contributed by atoms with Crippen molar-refractivity contribution in [2.24, 2.45) is 0 Å². The lowest BCUT2D eigenvalue weighted by Gasteiger charge is -2.46. The SMILES string of the molecule is c1ccc(CN(Cc2ccccc2)CN2CN(CN(Cc3ccccc3)Cc3ccccc3)CN(CN(Cc3ccccc3)Cc3ccccc3)C2)cc1. The third-order valence-corrected chi connectivity index (χ3v) is 9.89. The lowest BCUT2D eigenvalue weighted by Crippen LogP contribution is -2.60. The number of rotatable bonds is 18. The van der Waals surface area contributed by atoms with Crippen LogP contribution < -0.4 is 0 Å². The highest BCUT2D eigenvalue weighted by molar-refractivity contribution is 5.20. The van der Waals surface area contributed by atoms with E-state index in [1.54, 1.807) is 0 Å². The summed E-state index contributed by atoms with van der Waals surface area (Å²) in [7, 11) is 0. The topological polar surface area (TPSA) is 19.4 Å². The molecule has 0 unspecified atom stereocenters. The van der Waals surface area contributed by atoms with Gasteiger partial charge in [0.05, 0.1) is 40.0 Å². The maximum atomic E-state index is 2.64. The lowest BCUT2D eigenvalue weighted by molar-refractivity contribution is -0.0924. The van der Waals surface area contributed by atoms with Crippen LogP contribution in [0.25, 0.3) is 0 Å². The summed E-state index contributed by atoms with van der Waals surface area (Å²) in [4.78, 5) is 15.7. The number of hydrogen-bond donors (Lipinski definition) is 0. The fraction of sp³-hybridized carbons (Fsp3) is 0.250. The minimum atomic E-state index is 0.867. The molecule has 0 amide bonds. The fourth-order valence-electron chi connectivity index (χ4n) is 7.62. The number of benzene rings is 6. The van der Waals surface area contributed by atoms with Crippen molar-refractivity contribution in [3.8, 4) is 0 Å². The van der Waals surface area contributed by atoms with E-state index in [1.807, 2.05) is 0 Å². The van der Waals surface area contributed by atoms with Gasteiger partial charge in [-0.2, -0.15) is 0 Å². The molecule has 0 N–H and O–H groups in total. The van der Waals surface area contributed by atoms with Gasteiger partial charge in [-0.1, -0.05) is 182 Å². The molecule has 0 saturated carbocycles. The summed E-state index contributed by atoms with van der Waals surface area (Å²) in [6.07, 6.45) is 0. The second-order valence-corrected chi connectivity index (χ2v) is 14.7. The van der Waals surface area contributed by atoms with Gasteiger partial charge in [-0.3, -0.25) is 29.4 Å². The fourth-order valence-corrected chi connectivity index (χ4v) is 7.62. The van der Waals surface area contributed by atoms with Crippen molar-refractivity contribution >= 4 is 0 Å². The van der Waals surface area contributed by atoms with Gasteiger partial charge in [-0.25, -0.2) is 0 Å². The van der Waals surface area contributed by atoms with Crippen LogP contribution in [0.1, 0.15) is 33.4 Å². The van der Waals surface area contributed by atoms with Crippen LogP contribution >= 0.6 is 0 Å². The standard InChI is InChI=1S/C48H54N6/c1-7-19-43(20-8-1)31-49(32-44-21-9-2-10-22-44)37-52-40-53(38-50(33-45-23-11-3-12-24-45)34-46-25-13-4-14-26-46)42-54(41-52)39-51(35-47-27-15-5-16-28-47)36-48-29-17-6-18-30-48/h1-30H,31-42H2. The summed E-state index contributed by atoms with van der Waals surface area (Å²) in [6.45, 7) is 10.7. The molecule has 6 nitrogen and oxygen atoms in total. The van der Waals surface area contributed by atoms with E-state index in [9.17, 15) is 0 Å². The molecular formula is C48H54N6. The van der Waals surface area contributed by atoms with Gasteiger partial charge in [0, 0.05) is 39.3 Å². The Labute approximate surface area is 323 Å². The van der Waals surface area contributed by atoms with Crippen molar-refractivity contribution < 1.29 is 0 Å². The third kappa shape index (κ3) is 12.1. The van der Waals surface area contributed by atoms with E-state index in [-0.39, 0.29) is 0 Å². The van der Waals surface area contributed by atoms with E-state index in [0.29, 0.717) is 0 Å². The van der Waals surface area contributed by atoms with Crippen LogP contribution in [0.5, 0.6) is 0 Å². The minimum Gasteiger partial charge on any atom is -0.282 e. The Morgan fingerprint density at radius 2 is 0.426 bits per heavy atom. The van der Waals surface area contributed by atoms with Gasteiger partial charge in [-0.05, 0) is 33.4 Å². The highest BCUT2D eigenvalue weighted by Crippen LogP contribution is 2.19. The summed E-state index contributed by atoms with van der Waals surface area (Å²) in [5.41, 5.74) is 8.04. The molecule has 6 heteroatoms. The van der Waals surface area contributed by atoms with E-state index >= 15 is 0 Å². The van der Waals surface area contributed by atoms with Crippen molar-refractivity contribution in [1.82, 2.24) is 29.4 Å². The van der Waals surface area contributed by atoms with Crippen LogP contribution in [-0.4, -0.2) is 69.4 Å². The van der Waals surface area contributed by atoms with Crippen molar-refractivity contribution in [3.63, 3.8) is 0 Å². The van der Waals surface area contributed by atoms with Gasteiger partial charge in [-0.15, -0.1) is 0 Å². The summed E-state index contributed by atoms with van der Waals surface area (Å²) in [6, 6.07) is 65.6. The molecule has 1 fully saturated rings. The van der Waals surface area contributed by atoms with E-state index in [0.717, 1.165) is 79.3 Å². The molecule has 0 radical (unpaired) electrons. The van der Waals surface area contributed by atoms with Crippen LogP contribution in [-0.2, 0) is 39.3 Å². The quantitative estimate of drug-likeness (QED) is 0.0881. The Bertz CT molecular complexity index is 1540. The Balaban J connectivity index is 1.15. The van der Waals surface area contributed by atoms with Crippen molar-refractivity contribution in [3.05, 3.63) is 215 Å². The predicted molar refractivity (Wildman–Crippen MR) is 221 cm³/mol. The zero-order valence-electron chi connectivity index (χ0n) is 31.5. The van der Waals surface area contributed by atoms with Crippen molar-refractivity contribution in [1.29, 1.82) is 0 Å². The lowest BCUT2D eigenvalue weighted by atomic mass is 10.1. The first-order chi connectivity index (χ1) is 26.7. The first kappa shape index (κ1) is 37.4. The monoisotopic (exact) mass is 714 g/mol. The normalized spacial score (nSPS) is 14.3. The second-order valence-electron chi connectivity index (χ2n) is 14.7. The van der Waals surface area contributed by atoms with Crippen molar-refractivity contribution in [2.75, 3.05) is 40.0 Å². The van der Waals surface area contributed by atoms with Gasteiger partial charge in [0.1, 0.15) is 0 Å². The molecule has 0 bridgehead atoms. The van der Waals surface area contributed by atoms with E-state index in [4.69, 9.17) is 0 Å². The Morgan fingerprint density at radius 1 is 0.259 bits per heavy atom. The van der Waals surface area contributed by atoms with Crippen LogP contribution in [0, 0.1) is 0 Å². The van der Waals surface area contributed by atoms with Crippen LogP contribution in [0.15, 0.2) is 182 Å². The number of nitrogens with zero attached hydrogens (tertiary/aromatic N) is 6. The molecule has 0 spiro atoms. The predicted octanol–water partition coefficient (Wildman–Crippen LogP) is 8.76. The molecule has 1 aliphatic heterocycles.